The number of thioether (sulfide) groups is 1. The van der Waals surface area contributed by atoms with Crippen LogP contribution in [0, 0.1) is 17.3 Å². The Kier molecular flexibility index (Phi) is 5.66. The highest BCUT2D eigenvalue weighted by Gasteiger charge is 2.36. The van der Waals surface area contributed by atoms with Crippen molar-refractivity contribution in [3.8, 4) is 0 Å². The van der Waals surface area contributed by atoms with Crippen molar-refractivity contribution in [2.24, 2.45) is 23.0 Å². The fraction of sp³-hybridized carbons (Fsp3) is 1.00. The van der Waals surface area contributed by atoms with Gasteiger partial charge in [0, 0.05) is 6.04 Å². The van der Waals surface area contributed by atoms with Crippen molar-refractivity contribution in [3.05, 3.63) is 0 Å². The molecule has 2 N–H and O–H groups in total. The van der Waals surface area contributed by atoms with E-state index >= 15 is 0 Å². The van der Waals surface area contributed by atoms with E-state index in [9.17, 15) is 0 Å². The second kappa shape index (κ2) is 6.30. The Balaban J connectivity index is 2.47. The van der Waals surface area contributed by atoms with Crippen LogP contribution in [0.1, 0.15) is 52.9 Å². The lowest BCUT2D eigenvalue weighted by Crippen LogP contribution is -2.43. The van der Waals surface area contributed by atoms with Crippen LogP contribution in [-0.4, -0.2) is 18.1 Å². The van der Waals surface area contributed by atoms with E-state index in [1.165, 1.54) is 37.9 Å². The van der Waals surface area contributed by atoms with Gasteiger partial charge >= 0.3 is 0 Å². The first-order chi connectivity index (χ1) is 7.47. The summed E-state index contributed by atoms with van der Waals surface area (Å²) in [4.78, 5) is 0. The molecule has 1 aliphatic carbocycles. The lowest BCUT2D eigenvalue weighted by Gasteiger charge is -2.43. The van der Waals surface area contributed by atoms with Gasteiger partial charge in [-0.05, 0) is 54.9 Å². The maximum Gasteiger partial charge on any atom is 0.00747 e. The molecule has 2 heteroatoms. The molecule has 0 saturated heterocycles. The zero-order valence-electron chi connectivity index (χ0n) is 11.5. The summed E-state index contributed by atoms with van der Waals surface area (Å²) in [7, 11) is 0. The maximum absolute atomic E-state index is 6.35. The molecule has 3 unspecified atom stereocenters. The van der Waals surface area contributed by atoms with Crippen molar-refractivity contribution in [3.63, 3.8) is 0 Å². The number of rotatable bonds is 5. The van der Waals surface area contributed by atoms with Crippen molar-refractivity contribution in [1.82, 2.24) is 0 Å². The van der Waals surface area contributed by atoms with E-state index < -0.39 is 0 Å². The van der Waals surface area contributed by atoms with Crippen molar-refractivity contribution in [1.29, 1.82) is 0 Å². The Morgan fingerprint density at radius 1 is 1.31 bits per heavy atom. The van der Waals surface area contributed by atoms with Gasteiger partial charge in [0.1, 0.15) is 0 Å². The average Bonchev–Trinajstić information content (AvgIpc) is 2.17. The third-order valence-electron chi connectivity index (χ3n) is 4.34. The molecule has 0 aromatic rings. The van der Waals surface area contributed by atoms with Crippen LogP contribution < -0.4 is 5.73 Å². The molecule has 0 radical (unpaired) electrons. The number of hydrogen-bond donors (Lipinski definition) is 1. The van der Waals surface area contributed by atoms with Crippen molar-refractivity contribution in [2.75, 3.05) is 12.0 Å². The fourth-order valence-electron chi connectivity index (χ4n) is 3.25. The molecule has 0 aliphatic heterocycles. The summed E-state index contributed by atoms with van der Waals surface area (Å²) in [5, 5.41) is 0. The van der Waals surface area contributed by atoms with Crippen LogP contribution >= 0.6 is 11.8 Å². The molecular weight excluding hydrogens is 214 g/mol. The Labute approximate surface area is 106 Å². The zero-order valence-corrected chi connectivity index (χ0v) is 12.3. The molecule has 1 aliphatic rings. The van der Waals surface area contributed by atoms with Crippen LogP contribution in [0.2, 0.25) is 0 Å². The van der Waals surface area contributed by atoms with Crippen molar-refractivity contribution in [2.45, 2.75) is 58.9 Å². The van der Waals surface area contributed by atoms with E-state index in [-0.39, 0.29) is 0 Å². The molecule has 0 bridgehead atoms. The predicted octanol–water partition coefficient (Wildman–Crippen LogP) is 3.92. The molecule has 0 heterocycles. The van der Waals surface area contributed by atoms with E-state index in [0.29, 0.717) is 11.5 Å². The molecule has 3 atom stereocenters. The normalized spacial score (nSPS) is 31.7. The molecule has 1 nitrogen and oxygen atoms in total. The van der Waals surface area contributed by atoms with Gasteiger partial charge in [0.2, 0.25) is 0 Å². The maximum atomic E-state index is 6.35. The summed E-state index contributed by atoms with van der Waals surface area (Å²) in [6.07, 6.45) is 8.82. The summed E-state index contributed by atoms with van der Waals surface area (Å²) >= 11 is 1.96. The Morgan fingerprint density at radius 2 is 2.00 bits per heavy atom. The van der Waals surface area contributed by atoms with E-state index in [1.807, 2.05) is 11.8 Å². The van der Waals surface area contributed by atoms with Crippen LogP contribution in [-0.2, 0) is 0 Å². The van der Waals surface area contributed by atoms with Crippen LogP contribution in [0.15, 0.2) is 0 Å². The molecule has 0 spiro atoms. The molecule has 0 amide bonds. The Hall–Kier alpha value is 0.310. The summed E-state index contributed by atoms with van der Waals surface area (Å²) in [6, 6.07) is 0.438. The van der Waals surface area contributed by atoms with Gasteiger partial charge in [-0.25, -0.2) is 0 Å². The molecule has 0 aromatic heterocycles. The van der Waals surface area contributed by atoms with Gasteiger partial charge in [0.05, 0.1) is 0 Å². The van der Waals surface area contributed by atoms with Gasteiger partial charge in [-0.15, -0.1) is 0 Å². The molecule has 1 fully saturated rings. The topological polar surface area (TPSA) is 26.0 Å². The van der Waals surface area contributed by atoms with Crippen molar-refractivity contribution >= 4 is 11.8 Å². The molecule has 1 rings (SSSR count). The number of nitrogens with two attached hydrogens (primary N) is 1. The monoisotopic (exact) mass is 243 g/mol. The molecule has 0 aromatic carbocycles. The number of hydrogen-bond acceptors (Lipinski definition) is 2. The summed E-state index contributed by atoms with van der Waals surface area (Å²) in [5.41, 5.74) is 6.79. The van der Waals surface area contributed by atoms with E-state index in [2.05, 4.69) is 27.0 Å². The predicted molar refractivity (Wildman–Crippen MR) is 75.9 cm³/mol. The molecule has 16 heavy (non-hydrogen) atoms. The first-order valence-electron chi connectivity index (χ1n) is 6.72. The van der Waals surface area contributed by atoms with Crippen LogP contribution in [0.4, 0.5) is 0 Å². The van der Waals surface area contributed by atoms with E-state index in [1.54, 1.807) is 0 Å². The highest BCUT2D eigenvalue weighted by molar-refractivity contribution is 7.98. The highest BCUT2D eigenvalue weighted by Crippen LogP contribution is 2.42. The first kappa shape index (κ1) is 14.4. The standard InChI is InChI=1S/C14H29NS/c1-11-6-7-12(13(15)10-11)14(2,3)8-5-9-16-4/h11-13H,5-10,15H2,1-4H3. The van der Waals surface area contributed by atoms with Gasteiger partial charge in [-0.3, -0.25) is 0 Å². The van der Waals surface area contributed by atoms with Crippen LogP contribution in [0.3, 0.4) is 0 Å². The highest BCUT2D eigenvalue weighted by atomic mass is 32.2. The lowest BCUT2D eigenvalue weighted by molar-refractivity contribution is 0.104. The Morgan fingerprint density at radius 3 is 2.56 bits per heavy atom. The van der Waals surface area contributed by atoms with Gasteiger partial charge in [-0.1, -0.05) is 27.2 Å². The minimum Gasteiger partial charge on any atom is -0.327 e. The van der Waals surface area contributed by atoms with Gasteiger partial charge < -0.3 is 5.73 Å². The summed E-state index contributed by atoms with van der Waals surface area (Å²) in [6.45, 7) is 7.19. The van der Waals surface area contributed by atoms with Crippen LogP contribution in [0.25, 0.3) is 0 Å². The molecule has 1 saturated carbocycles. The molecule has 96 valence electrons. The lowest BCUT2D eigenvalue weighted by atomic mass is 9.65. The minimum absolute atomic E-state index is 0.438. The third kappa shape index (κ3) is 3.96. The summed E-state index contributed by atoms with van der Waals surface area (Å²) in [5.74, 6) is 2.88. The van der Waals surface area contributed by atoms with Gasteiger partial charge in [0.25, 0.3) is 0 Å². The van der Waals surface area contributed by atoms with Gasteiger partial charge in [-0.2, -0.15) is 11.8 Å². The molecular formula is C14H29NS. The van der Waals surface area contributed by atoms with E-state index in [0.717, 1.165) is 11.8 Å². The second-order valence-electron chi connectivity index (χ2n) is 6.27. The SMILES string of the molecule is CSCCCC(C)(C)C1CCC(C)CC1N. The zero-order chi connectivity index (χ0) is 12.2. The van der Waals surface area contributed by atoms with E-state index in [4.69, 9.17) is 5.73 Å². The Bertz CT molecular complexity index is 203. The summed E-state index contributed by atoms with van der Waals surface area (Å²) < 4.78 is 0. The minimum atomic E-state index is 0.438. The third-order valence-corrected chi connectivity index (χ3v) is 5.03. The quantitative estimate of drug-likeness (QED) is 0.741. The fourth-order valence-corrected chi connectivity index (χ4v) is 3.69. The van der Waals surface area contributed by atoms with Crippen molar-refractivity contribution < 1.29 is 0 Å². The van der Waals surface area contributed by atoms with Gasteiger partial charge in [0.15, 0.2) is 0 Å². The largest absolute Gasteiger partial charge is 0.327 e. The first-order valence-corrected chi connectivity index (χ1v) is 8.11. The average molecular weight is 243 g/mol. The smallest absolute Gasteiger partial charge is 0.00747 e. The second-order valence-corrected chi connectivity index (χ2v) is 7.26. The van der Waals surface area contributed by atoms with Crippen LogP contribution in [0.5, 0.6) is 0 Å².